The first-order chi connectivity index (χ1) is 9.54. The third kappa shape index (κ3) is 4.06. The zero-order valence-electron chi connectivity index (χ0n) is 11.5. The predicted molar refractivity (Wildman–Crippen MR) is 70.1 cm³/mol. The monoisotopic (exact) mass is 281 g/mol. The van der Waals surface area contributed by atoms with E-state index >= 15 is 0 Å². The molecule has 1 amide bonds. The molecule has 1 saturated heterocycles. The van der Waals surface area contributed by atoms with E-state index in [-0.39, 0.29) is 11.6 Å². The van der Waals surface area contributed by atoms with Gasteiger partial charge in [0.05, 0.1) is 6.54 Å². The molecular weight excluding hydrogens is 262 g/mol. The maximum Gasteiger partial charge on any atom is 0.358 e. The Morgan fingerprint density at radius 2 is 2.20 bits per heavy atom. The fourth-order valence-corrected chi connectivity index (χ4v) is 2.35. The lowest BCUT2D eigenvalue weighted by molar-refractivity contribution is -0.119. The molecule has 1 aliphatic heterocycles. The van der Waals surface area contributed by atoms with Gasteiger partial charge in [0.25, 0.3) is 0 Å². The Balaban J connectivity index is 1.76. The van der Waals surface area contributed by atoms with Crippen LogP contribution in [0.2, 0.25) is 0 Å². The van der Waals surface area contributed by atoms with E-state index in [4.69, 9.17) is 9.63 Å². The number of carboxylic acid groups (broad SMARTS) is 1. The number of carbonyl (C=O) groups is 2. The molecule has 0 atom stereocenters. The molecule has 7 nitrogen and oxygen atoms in total. The third-order valence-electron chi connectivity index (χ3n) is 3.50. The number of amides is 1. The smallest absolute Gasteiger partial charge is 0.358 e. The number of carboxylic acids is 1. The highest BCUT2D eigenvalue weighted by Crippen LogP contribution is 2.18. The molecule has 0 spiro atoms. The molecule has 0 radical (unpaired) electrons. The number of nitrogens with zero attached hydrogens (tertiary/aromatic N) is 2. The summed E-state index contributed by atoms with van der Waals surface area (Å²) in [7, 11) is 0. The summed E-state index contributed by atoms with van der Waals surface area (Å²) >= 11 is 0. The maximum atomic E-state index is 10.9. The van der Waals surface area contributed by atoms with Gasteiger partial charge in [0, 0.05) is 19.5 Å². The number of hydrogen-bond donors (Lipinski definition) is 2. The second-order valence-corrected chi connectivity index (χ2v) is 5.14. The molecule has 1 aromatic heterocycles. The van der Waals surface area contributed by atoms with Gasteiger partial charge in [0.1, 0.15) is 0 Å². The molecule has 2 N–H and O–H groups in total. The van der Waals surface area contributed by atoms with Crippen LogP contribution in [0.3, 0.4) is 0 Å². The van der Waals surface area contributed by atoms with Gasteiger partial charge in [0.2, 0.25) is 5.91 Å². The van der Waals surface area contributed by atoms with Crippen LogP contribution in [-0.2, 0) is 11.3 Å². The van der Waals surface area contributed by atoms with E-state index in [1.54, 1.807) is 0 Å². The number of aromatic nitrogens is 1. The van der Waals surface area contributed by atoms with Crippen molar-refractivity contribution in [3.8, 4) is 0 Å². The second-order valence-electron chi connectivity index (χ2n) is 5.14. The first-order valence-electron chi connectivity index (χ1n) is 6.70. The van der Waals surface area contributed by atoms with Crippen LogP contribution in [0.25, 0.3) is 0 Å². The average Bonchev–Trinajstić information content (AvgIpc) is 2.86. The van der Waals surface area contributed by atoms with Crippen LogP contribution in [0, 0.1) is 5.92 Å². The predicted octanol–water partition coefficient (Wildman–Crippen LogP) is 0.721. The molecule has 20 heavy (non-hydrogen) atoms. The Morgan fingerprint density at radius 3 is 2.75 bits per heavy atom. The quantitative estimate of drug-likeness (QED) is 0.825. The highest BCUT2D eigenvalue weighted by atomic mass is 16.5. The summed E-state index contributed by atoms with van der Waals surface area (Å²) in [5.41, 5.74) is -0.0551. The second kappa shape index (κ2) is 6.51. The van der Waals surface area contributed by atoms with Gasteiger partial charge in [-0.3, -0.25) is 9.69 Å². The van der Waals surface area contributed by atoms with Crippen molar-refractivity contribution < 1.29 is 19.2 Å². The number of nitrogens with one attached hydrogen (secondary N) is 1. The highest BCUT2D eigenvalue weighted by Gasteiger charge is 2.21. The van der Waals surface area contributed by atoms with Gasteiger partial charge in [-0.2, -0.15) is 0 Å². The lowest BCUT2D eigenvalue weighted by Gasteiger charge is -2.31. The standard InChI is InChI=1S/C13H19N3O4/c1-9(17)14-7-10-2-4-16(5-3-10)8-11-6-12(13(18)19)15-20-11/h6,10H,2-5,7-8H2,1H3,(H,14,17)(H,18,19). The van der Waals surface area contributed by atoms with E-state index < -0.39 is 5.97 Å². The van der Waals surface area contributed by atoms with Crippen LogP contribution in [0.15, 0.2) is 10.6 Å². The fourth-order valence-electron chi connectivity index (χ4n) is 2.35. The van der Waals surface area contributed by atoms with E-state index in [2.05, 4.69) is 15.4 Å². The van der Waals surface area contributed by atoms with Gasteiger partial charge in [-0.15, -0.1) is 0 Å². The van der Waals surface area contributed by atoms with E-state index in [0.717, 1.165) is 32.5 Å². The molecule has 110 valence electrons. The number of likely N-dealkylation sites (tertiary alicyclic amines) is 1. The summed E-state index contributed by atoms with van der Waals surface area (Å²) in [6, 6.07) is 1.46. The summed E-state index contributed by atoms with van der Waals surface area (Å²) in [4.78, 5) is 23.8. The van der Waals surface area contributed by atoms with E-state index in [1.807, 2.05) is 0 Å². The van der Waals surface area contributed by atoms with E-state index in [0.29, 0.717) is 18.2 Å². The first-order valence-corrected chi connectivity index (χ1v) is 6.70. The lowest BCUT2D eigenvalue weighted by Crippen LogP contribution is -2.37. The Bertz CT molecular complexity index is 478. The van der Waals surface area contributed by atoms with Crippen molar-refractivity contribution in [2.45, 2.75) is 26.3 Å². The van der Waals surface area contributed by atoms with Gasteiger partial charge in [-0.05, 0) is 31.8 Å². The summed E-state index contributed by atoms with van der Waals surface area (Å²) in [5.74, 6) is 0.0199. The topological polar surface area (TPSA) is 95.7 Å². The summed E-state index contributed by atoms with van der Waals surface area (Å²) in [6.07, 6.45) is 2.03. The van der Waals surface area contributed by atoms with Crippen molar-refractivity contribution in [2.24, 2.45) is 5.92 Å². The molecule has 1 aromatic rings. The van der Waals surface area contributed by atoms with Crippen molar-refractivity contribution >= 4 is 11.9 Å². The van der Waals surface area contributed by atoms with Gasteiger partial charge in [-0.25, -0.2) is 4.79 Å². The summed E-state index contributed by atoms with van der Waals surface area (Å²) < 4.78 is 5.00. The molecule has 2 rings (SSSR count). The molecule has 7 heteroatoms. The maximum absolute atomic E-state index is 10.9. The zero-order valence-corrected chi connectivity index (χ0v) is 11.5. The molecule has 0 saturated carbocycles. The fraction of sp³-hybridized carbons (Fsp3) is 0.615. The SMILES string of the molecule is CC(=O)NCC1CCN(Cc2cc(C(=O)O)no2)CC1. The van der Waals surface area contributed by atoms with Crippen molar-refractivity contribution in [1.82, 2.24) is 15.4 Å². The lowest BCUT2D eigenvalue weighted by atomic mass is 9.96. The van der Waals surface area contributed by atoms with Crippen molar-refractivity contribution in [1.29, 1.82) is 0 Å². The minimum Gasteiger partial charge on any atom is -0.476 e. The molecule has 0 aliphatic carbocycles. The van der Waals surface area contributed by atoms with Crippen LogP contribution in [0.5, 0.6) is 0 Å². The minimum absolute atomic E-state index is 0.00953. The van der Waals surface area contributed by atoms with Gasteiger partial charge >= 0.3 is 5.97 Å². The van der Waals surface area contributed by atoms with Crippen molar-refractivity contribution in [3.63, 3.8) is 0 Å². The van der Waals surface area contributed by atoms with Gasteiger partial charge in [-0.1, -0.05) is 5.16 Å². The van der Waals surface area contributed by atoms with E-state index in [9.17, 15) is 9.59 Å². The number of aromatic carboxylic acids is 1. The average molecular weight is 281 g/mol. The minimum atomic E-state index is -1.07. The molecule has 0 bridgehead atoms. The van der Waals surface area contributed by atoms with Crippen LogP contribution in [-0.4, -0.2) is 46.7 Å². The number of rotatable bonds is 5. The molecule has 2 heterocycles. The summed E-state index contributed by atoms with van der Waals surface area (Å²) in [5, 5.41) is 15.1. The van der Waals surface area contributed by atoms with Gasteiger partial charge in [0.15, 0.2) is 11.5 Å². The zero-order chi connectivity index (χ0) is 14.5. The molecule has 1 fully saturated rings. The van der Waals surface area contributed by atoms with Crippen LogP contribution < -0.4 is 5.32 Å². The third-order valence-corrected chi connectivity index (χ3v) is 3.50. The normalized spacial score (nSPS) is 17.1. The van der Waals surface area contributed by atoms with Crippen LogP contribution >= 0.6 is 0 Å². The van der Waals surface area contributed by atoms with Crippen molar-refractivity contribution in [3.05, 3.63) is 17.5 Å². The number of hydrogen-bond acceptors (Lipinski definition) is 5. The molecule has 1 aliphatic rings. The Kier molecular flexibility index (Phi) is 4.73. The van der Waals surface area contributed by atoms with Gasteiger partial charge < -0.3 is 14.9 Å². The summed E-state index contributed by atoms with van der Waals surface area (Å²) in [6.45, 7) is 4.65. The van der Waals surface area contributed by atoms with Crippen LogP contribution in [0.1, 0.15) is 36.0 Å². The Labute approximate surface area is 116 Å². The Hall–Kier alpha value is -1.89. The number of piperidine rings is 1. The first kappa shape index (κ1) is 14.5. The van der Waals surface area contributed by atoms with Crippen molar-refractivity contribution in [2.75, 3.05) is 19.6 Å². The highest BCUT2D eigenvalue weighted by molar-refractivity contribution is 5.85. The molecule has 0 aromatic carbocycles. The molecular formula is C13H19N3O4. The van der Waals surface area contributed by atoms with E-state index in [1.165, 1.54) is 13.0 Å². The number of carbonyl (C=O) groups excluding carboxylic acids is 1. The molecule has 0 unspecified atom stereocenters. The largest absolute Gasteiger partial charge is 0.476 e. The Morgan fingerprint density at radius 1 is 1.50 bits per heavy atom. The van der Waals surface area contributed by atoms with Crippen LogP contribution in [0.4, 0.5) is 0 Å².